The maximum absolute atomic E-state index is 10.6. The molecule has 2 nitrogen and oxygen atoms in total. The molecule has 0 radical (unpaired) electrons. The highest BCUT2D eigenvalue weighted by Crippen LogP contribution is 1.88. The summed E-state index contributed by atoms with van der Waals surface area (Å²) in [5.74, 6) is -0.240. The predicted octanol–water partition coefficient (Wildman–Crippen LogP) is 2.13. The summed E-state index contributed by atoms with van der Waals surface area (Å²) in [7, 11) is 0. The molecule has 0 aromatic rings. The first-order valence-electron chi connectivity index (χ1n) is 3.60. The van der Waals surface area contributed by atoms with Gasteiger partial charge in [-0.15, -0.1) is 0 Å². The van der Waals surface area contributed by atoms with Gasteiger partial charge in [0.2, 0.25) is 0 Å². The summed E-state index contributed by atoms with van der Waals surface area (Å²) in [6, 6.07) is 0. The molecule has 0 aliphatic carbocycles. The smallest absolute Gasteiger partial charge is 0.463 e. The molecule has 0 atom stereocenters. The molecule has 0 N–H and O–H groups in total. The fourth-order valence-corrected chi connectivity index (χ4v) is 0.501. The van der Waals surface area contributed by atoms with Crippen molar-refractivity contribution in [3.8, 4) is 0 Å². The molecule has 0 aliphatic rings. The first kappa shape index (κ1) is 9.21. The van der Waals surface area contributed by atoms with Crippen molar-refractivity contribution in [3.05, 3.63) is 12.2 Å². The molecule has 0 saturated carbocycles. The summed E-state index contributed by atoms with van der Waals surface area (Å²) in [4.78, 5) is 10.6. The van der Waals surface area contributed by atoms with Crippen molar-refractivity contribution in [3.63, 3.8) is 0 Å². The van der Waals surface area contributed by atoms with Crippen molar-refractivity contribution in [2.24, 2.45) is 0 Å². The molecule has 2 heteroatoms. The molecule has 0 spiro atoms. The molecule has 10 heavy (non-hydrogen) atoms. The molecule has 0 aromatic carbocycles. The monoisotopic (exact) mass is 144 g/mol. The minimum absolute atomic E-state index is 0. The minimum atomic E-state index is -0.240. The predicted molar refractivity (Wildman–Crippen MR) is 42.9 cm³/mol. The van der Waals surface area contributed by atoms with Crippen LogP contribution in [0.25, 0.3) is 0 Å². The number of rotatable bonds is 4. The second-order valence-corrected chi connectivity index (χ2v) is 2.02. The van der Waals surface area contributed by atoms with Crippen LogP contribution in [-0.2, 0) is 9.53 Å². The Hall–Kier alpha value is -0.790. The van der Waals surface area contributed by atoms with Crippen LogP contribution in [0.1, 0.15) is 29.5 Å². The average Bonchev–Trinajstić information content (AvgIpc) is 1.89. The number of unbranched alkanes of at least 4 members (excludes halogenated alkanes) is 1. The Morgan fingerprint density at radius 1 is 1.70 bits per heavy atom. The number of esters is 1. The van der Waals surface area contributed by atoms with E-state index in [0.717, 1.165) is 12.8 Å². The van der Waals surface area contributed by atoms with E-state index in [1.807, 2.05) is 0 Å². The fourth-order valence-electron chi connectivity index (χ4n) is 0.501. The summed E-state index contributed by atoms with van der Waals surface area (Å²) < 4.78 is 4.80. The normalized spacial score (nSPS) is 10.2. The zero-order valence-corrected chi connectivity index (χ0v) is 6.59. The third-order valence-electron chi connectivity index (χ3n) is 1.04. The van der Waals surface area contributed by atoms with Crippen molar-refractivity contribution >= 4 is 5.97 Å². The van der Waals surface area contributed by atoms with E-state index >= 15 is 0 Å². The van der Waals surface area contributed by atoms with Gasteiger partial charge < -0.3 is 4.74 Å². The van der Waals surface area contributed by atoms with Crippen LogP contribution in [0.15, 0.2) is 12.2 Å². The van der Waals surface area contributed by atoms with Crippen LogP contribution >= 0.6 is 0 Å². The van der Waals surface area contributed by atoms with E-state index in [4.69, 9.17) is 4.74 Å². The number of ether oxygens (including phenoxy) is 1. The Morgan fingerprint density at radius 3 is 2.90 bits per heavy atom. The number of carbonyl (C=O) groups is 1. The number of carbonyl (C=O) groups excluding carboxylic acids is 1. The lowest BCUT2D eigenvalue weighted by Crippen LogP contribution is -2.01. The van der Waals surface area contributed by atoms with Gasteiger partial charge in [0, 0.05) is 6.08 Å². The van der Waals surface area contributed by atoms with E-state index in [1.165, 1.54) is 6.08 Å². The van der Waals surface area contributed by atoms with Gasteiger partial charge in [0.05, 0.1) is 6.61 Å². The minimum Gasteiger partial charge on any atom is -0.463 e. The average molecular weight is 144 g/mol. The van der Waals surface area contributed by atoms with Crippen LogP contribution in [0.4, 0.5) is 0 Å². The molecular formula is C8H16O2+2. The molecule has 0 saturated heterocycles. The van der Waals surface area contributed by atoms with Gasteiger partial charge in [-0.1, -0.05) is 19.4 Å². The third kappa shape index (κ3) is 5.35. The third-order valence-corrected chi connectivity index (χ3v) is 1.04. The largest absolute Gasteiger partial charge is 1.00 e. The van der Waals surface area contributed by atoms with E-state index in [0.29, 0.717) is 6.61 Å². The van der Waals surface area contributed by atoms with E-state index in [-0.39, 0.29) is 8.82 Å². The summed E-state index contributed by atoms with van der Waals surface area (Å²) in [5.41, 5.74) is 0. The molecule has 0 aliphatic heterocycles. The fraction of sp³-hybridized carbons (Fsp3) is 0.625. The zero-order valence-electron chi connectivity index (χ0n) is 8.59. The first-order chi connectivity index (χ1) is 4.81. The topological polar surface area (TPSA) is 26.3 Å². The summed E-state index contributed by atoms with van der Waals surface area (Å²) in [6.45, 7) is 4.39. The number of allylic oxidation sites excluding steroid dienone is 1. The van der Waals surface area contributed by atoms with Crippen molar-refractivity contribution in [1.82, 2.24) is 0 Å². The Morgan fingerprint density at radius 2 is 2.40 bits per heavy atom. The van der Waals surface area contributed by atoms with Crippen molar-refractivity contribution in [2.75, 3.05) is 6.61 Å². The van der Waals surface area contributed by atoms with Gasteiger partial charge in [-0.05, 0) is 13.3 Å². The van der Waals surface area contributed by atoms with E-state index in [1.54, 1.807) is 13.0 Å². The SMILES string of the molecule is CC=CC(=O)OCCCC.[H+].[H+]. The Balaban J connectivity index is -0.000000405. The van der Waals surface area contributed by atoms with E-state index in [2.05, 4.69) is 6.92 Å². The first-order valence-corrected chi connectivity index (χ1v) is 3.60. The highest BCUT2D eigenvalue weighted by Gasteiger charge is 1.92. The maximum atomic E-state index is 10.6. The van der Waals surface area contributed by atoms with Gasteiger partial charge in [-0.25, -0.2) is 4.79 Å². The van der Waals surface area contributed by atoms with Crippen LogP contribution < -0.4 is 0 Å². The van der Waals surface area contributed by atoms with Crippen molar-refractivity contribution in [1.29, 1.82) is 0 Å². The maximum Gasteiger partial charge on any atom is 1.00 e. The lowest BCUT2D eigenvalue weighted by Gasteiger charge is -1.97. The zero-order chi connectivity index (χ0) is 7.82. The van der Waals surface area contributed by atoms with Crippen molar-refractivity contribution < 1.29 is 12.4 Å². The highest BCUT2D eigenvalue weighted by atomic mass is 16.5. The molecule has 0 unspecified atom stereocenters. The second-order valence-electron chi connectivity index (χ2n) is 2.02. The molecule has 58 valence electrons. The van der Waals surface area contributed by atoms with Gasteiger partial charge in [0.25, 0.3) is 0 Å². The Kier molecular flexibility index (Phi) is 5.83. The van der Waals surface area contributed by atoms with E-state index in [9.17, 15) is 4.79 Å². The van der Waals surface area contributed by atoms with Gasteiger partial charge >= 0.3 is 8.82 Å². The quantitative estimate of drug-likeness (QED) is 0.343. The number of hydrogen-bond acceptors (Lipinski definition) is 2. The Bertz CT molecular complexity index is 124. The summed E-state index contributed by atoms with van der Waals surface area (Å²) in [6.07, 6.45) is 5.11. The summed E-state index contributed by atoms with van der Waals surface area (Å²) in [5, 5.41) is 0. The Labute approximate surface area is 64.8 Å². The lowest BCUT2D eigenvalue weighted by molar-refractivity contribution is -0.137. The van der Waals surface area contributed by atoms with Gasteiger partial charge in [0.1, 0.15) is 0 Å². The highest BCUT2D eigenvalue weighted by molar-refractivity contribution is 5.81. The second kappa shape index (κ2) is 6.33. The summed E-state index contributed by atoms with van der Waals surface area (Å²) >= 11 is 0. The standard InChI is InChI=1S/C8H14O2/c1-3-5-7-10-8(9)6-4-2/h4,6H,3,5,7H2,1-2H3/p+2. The van der Waals surface area contributed by atoms with Crippen LogP contribution in [-0.4, -0.2) is 12.6 Å². The van der Waals surface area contributed by atoms with Crippen LogP contribution in [0.3, 0.4) is 0 Å². The molecule has 0 aromatic heterocycles. The van der Waals surface area contributed by atoms with E-state index < -0.39 is 0 Å². The molecular weight excluding hydrogens is 128 g/mol. The molecule has 0 amide bonds. The van der Waals surface area contributed by atoms with Gasteiger partial charge in [0.15, 0.2) is 0 Å². The molecule has 0 rings (SSSR count). The van der Waals surface area contributed by atoms with Crippen LogP contribution in [0.2, 0.25) is 0 Å². The number of hydrogen-bond donors (Lipinski definition) is 0. The lowest BCUT2D eigenvalue weighted by atomic mass is 10.4. The molecule has 0 heterocycles. The van der Waals surface area contributed by atoms with Crippen LogP contribution in [0.5, 0.6) is 0 Å². The van der Waals surface area contributed by atoms with Gasteiger partial charge in [-0.2, -0.15) is 0 Å². The molecule has 0 fully saturated rings. The molecule has 0 bridgehead atoms. The van der Waals surface area contributed by atoms with Gasteiger partial charge in [-0.3, -0.25) is 0 Å². The van der Waals surface area contributed by atoms with Crippen molar-refractivity contribution in [2.45, 2.75) is 26.7 Å². The van der Waals surface area contributed by atoms with Crippen LogP contribution in [0, 0.1) is 0 Å².